The van der Waals surface area contributed by atoms with E-state index in [1.165, 1.54) is 5.56 Å². The molecule has 0 aliphatic carbocycles. The minimum Gasteiger partial charge on any atom is -0.393 e. The molecule has 86 valence electrons. The topological polar surface area (TPSA) is 38.0 Å². The fourth-order valence-electron chi connectivity index (χ4n) is 1.56. The van der Waals surface area contributed by atoms with Crippen LogP contribution in [0.25, 0.3) is 0 Å². The molecule has 1 unspecified atom stereocenters. The van der Waals surface area contributed by atoms with E-state index in [2.05, 4.69) is 32.1 Å². The van der Waals surface area contributed by atoms with Crippen LogP contribution in [-0.2, 0) is 13.0 Å². The summed E-state index contributed by atoms with van der Waals surface area (Å²) in [6, 6.07) is 0. The molecule has 0 saturated carbocycles. The molecule has 1 heterocycles. The Hall–Kier alpha value is -0.830. The van der Waals surface area contributed by atoms with E-state index in [0.717, 1.165) is 25.8 Å². The second-order valence-electron chi connectivity index (χ2n) is 4.41. The quantitative estimate of drug-likeness (QED) is 0.782. The molecule has 1 aromatic rings. The first-order chi connectivity index (χ1) is 7.13. The largest absolute Gasteiger partial charge is 0.393 e. The SMILES string of the molecule is CCn1cc(CCCC(O)C(C)C)cn1. The molecule has 1 N–H and O–H groups in total. The summed E-state index contributed by atoms with van der Waals surface area (Å²) in [7, 11) is 0. The van der Waals surface area contributed by atoms with Crippen LogP contribution in [-0.4, -0.2) is 21.0 Å². The highest BCUT2D eigenvalue weighted by atomic mass is 16.3. The van der Waals surface area contributed by atoms with E-state index in [1.807, 2.05) is 10.9 Å². The Labute approximate surface area is 92.1 Å². The number of hydrogen-bond acceptors (Lipinski definition) is 2. The van der Waals surface area contributed by atoms with Gasteiger partial charge in [-0.1, -0.05) is 13.8 Å². The van der Waals surface area contributed by atoms with Gasteiger partial charge in [0.1, 0.15) is 0 Å². The molecule has 1 aromatic heterocycles. The Morgan fingerprint density at radius 1 is 1.47 bits per heavy atom. The number of nitrogens with zero attached hydrogens (tertiary/aromatic N) is 2. The van der Waals surface area contributed by atoms with Crippen LogP contribution in [0, 0.1) is 5.92 Å². The van der Waals surface area contributed by atoms with Gasteiger partial charge in [0, 0.05) is 12.7 Å². The molecular weight excluding hydrogens is 188 g/mol. The van der Waals surface area contributed by atoms with Crippen LogP contribution in [0.2, 0.25) is 0 Å². The predicted molar refractivity (Wildman–Crippen MR) is 61.7 cm³/mol. The molecule has 0 bridgehead atoms. The number of hydrogen-bond donors (Lipinski definition) is 1. The first kappa shape index (κ1) is 12.2. The molecule has 0 saturated heterocycles. The van der Waals surface area contributed by atoms with Crippen LogP contribution in [0.1, 0.15) is 39.2 Å². The third-order valence-corrected chi connectivity index (χ3v) is 2.75. The van der Waals surface area contributed by atoms with E-state index in [-0.39, 0.29) is 6.10 Å². The van der Waals surface area contributed by atoms with Crippen molar-refractivity contribution >= 4 is 0 Å². The van der Waals surface area contributed by atoms with Crippen molar-refractivity contribution < 1.29 is 5.11 Å². The minimum atomic E-state index is -0.161. The molecular formula is C12H22N2O. The monoisotopic (exact) mass is 210 g/mol. The Kier molecular flexibility index (Phi) is 4.82. The van der Waals surface area contributed by atoms with E-state index in [0.29, 0.717) is 5.92 Å². The van der Waals surface area contributed by atoms with Gasteiger partial charge in [0.15, 0.2) is 0 Å². The van der Waals surface area contributed by atoms with Crippen LogP contribution in [0.3, 0.4) is 0 Å². The van der Waals surface area contributed by atoms with Crippen LogP contribution in [0.5, 0.6) is 0 Å². The van der Waals surface area contributed by atoms with Crippen LogP contribution in [0.15, 0.2) is 12.4 Å². The second kappa shape index (κ2) is 5.91. The van der Waals surface area contributed by atoms with Gasteiger partial charge in [0.05, 0.1) is 12.3 Å². The highest BCUT2D eigenvalue weighted by Gasteiger charge is 2.08. The number of aromatic nitrogens is 2. The molecule has 15 heavy (non-hydrogen) atoms. The van der Waals surface area contributed by atoms with Crippen LogP contribution in [0.4, 0.5) is 0 Å². The summed E-state index contributed by atoms with van der Waals surface area (Å²) in [5, 5.41) is 13.9. The zero-order valence-electron chi connectivity index (χ0n) is 9.98. The van der Waals surface area contributed by atoms with Gasteiger partial charge < -0.3 is 5.11 Å². The van der Waals surface area contributed by atoms with Gasteiger partial charge in [0.25, 0.3) is 0 Å². The number of rotatable bonds is 6. The molecule has 0 aliphatic rings. The van der Waals surface area contributed by atoms with Gasteiger partial charge in [-0.25, -0.2) is 0 Å². The maximum Gasteiger partial charge on any atom is 0.0563 e. The number of aliphatic hydroxyl groups is 1. The maximum absolute atomic E-state index is 9.64. The van der Waals surface area contributed by atoms with E-state index in [9.17, 15) is 5.11 Å². The van der Waals surface area contributed by atoms with Crippen LogP contribution >= 0.6 is 0 Å². The average molecular weight is 210 g/mol. The van der Waals surface area contributed by atoms with Crippen molar-refractivity contribution in [1.82, 2.24) is 9.78 Å². The second-order valence-corrected chi connectivity index (χ2v) is 4.41. The molecule has 1 rings (SSSR count). The van der Waals surface area contributed by atoms with Gasteiger partial charge in [-0.15, -0.1) is 0 Å². The van der Waals surface area contributed by atoms with Crippen molar-refractivity contribution in [3.63, 3.8) is 0 Å². The summed E-state index contributed by atoms with van der Waals surface area (Å²) in [6.45, 7) is 7.12. The fourth-order valence-corrected chi connectivity index (χ4v) is 1.56. The van der Waals surface area contributed by atoms with Crippen LogP contribution < -0.4 is 0 Å². The van der Waals surface area contributed by atoms with E-state index in [4.69, 9.17) is 0 Å². The standard InChI is InChI=1S/C12H22N2O/c1-4-14-9-11(8-13-14)6-5-7-12(15)10(2)3/h8-10,12,15H,4-7H2,1-3H3. The van der Waals surface area contributed by atoms with E-state index >= 15 is 0 Å². The normalized spacial score (nSPS) is 13.4. The summed E-state index contributed by atoms with van der Waals surface area (Å²) in [6.07, 6.45) is 6.78. The lowest BCUT2D eigenvalue weighted by Crippen LogP contribution is -2.14. The Balaban J connectivity index is 2.25. The Bertz CT molecular complexity index is 281. The van der Waals surface area contributed by atoms with Gasteiger partial charge in [0.2, 0.25) is 0 Å². The summed E-state index contributed by atoms with van der Waals surface area (Å²) in [5.74, 6) is 0.364. The van der Waals surface area contributed by atoms with Gasteiger partial charge in [-0.3, -0.25) is 4.68 Å². The highest BCUT2D eigenvalue weighted by molar-refractivity contribution is 5.03. The summed E-state index contributed by atoms with van der Waals surface area (Å²) in [5.41, 5.74) is 1.27. The number of aliphatic hydroxyl groups excluding tert-OH is 1. The van der Waals surface area contributed by atoms with Crippen molar-refractivity contribution in [3.05, 3.63) is 18.0 Å². The summed E-state index contributed by atoms with van der Waals surface area (Å²) >= 11 is 0. The molecule has 0 aliphatic heterocycles. The molecule has 0 aromatic carbocycles. The fraction of sp³-hybridized carbons (Fsp3) is 0.750. The Morgan fingerprint density at radius 2 is 2.20 bits per heavy atom. The van der Waals surface area contributed by atoms with Gasteiger partial charge in [-0.05, 0) is 37.7 Å². The van der Waals surface area contributed by atoms with Crippen molar-refractivity contribution in [2.45, 2.75) is 52.7 Å². The zero-order valence-corrected chi connectivity index (χ0v) is 9.98. The van der Waals surface area contributed by atoms with Crippen molar-refractivity contribution in [2.75, 3.05) is 0 Å². The molecule has 0 fully saturated rings. The highest BCUT2D eigenvalue weighted by Crippen LogP contribution is 2.11. The molecule has 0 amide bonds. The van der Waals surface area contributed by atoms with E-state index in [1.54, 1.807) is 0 Å². The summed E-state index contributed by atoms with van der Waals surface area (Å²) < 4.78 is 1.94. The molecule has 3 nitrogen and oxygen atoms in total. The number of aryl methyl sites for hydroxylation is 2. The first-order valence-electron chi connectivity index (χ1n) is 5.83. The lowest BCUT2D eigenvalue weighted by molar-refractivity contribution is 0.114. The maximum atomic E-state index is 9.64. The predicted octanol–water partition coefficient (Wildman–Crippen LogP) is 2.24. The average Bonchev–Trinajstić information content (AvgIpc) is 2.65. The lowest BCUT2D eigenvalue weighted by Gasteiger charge is -2.13. The smallest absolute Gasteiger partial charge is 0.0563 e. The molecule has 1 atom stereocenters. The molecule has 3 heteroatoms. The van der Waals surface area contributed by atoms with E-state index < -0.39 is 0 Å². The Morgan fingerprint density at radius 3 is 2.73 bits per heavy atom. The van der Waals surface area contributed by atoms with Crippen molar-refractivity contribution in [1.29, 1.82) is 0 Å². The van der Waals surface area contributed by atoms with Gasteiger partial charge in [-0.2, -0.15) is 5.10 Å². The molecule has 0 radical (unpaired) electrons. The third kappa shape index (κ3) is 4.04. The lowest BCUT2D eigenvalue weighted by atomic mass is 10.0. The van der Waals surface area contributed by atoms with Gasteiger partial charge >= 0.3 is 0 Å². The summed E-state index contributed by atoms with van der Waals surface area (Å²) in [4.78, 5) is 0. The minimum absolute atomic E-state index is 0.161. The zero-order chi connectivity index (χ0) is 11.3. The van der Waals surface area contributed by atoms with Crippen molar-refractivity contribution in [3.8, 4) is 0 Å². The third-order valence-electron chi connectivity index (χ3n) is 2.75. The molecule has 0 spiro atoms. The first-order valence-corrected chi connectivity index (χ1v) is 5.83. The van der Waals surface area contributed by atoms with Crippen molar-refractivity contribution in [2.24, 2.45) is 5.92 Å².